The molecule has 6 heteroatoms. The molecule has 0 aliphatic carbocycles. The fourth-order valence-corrected chi connectivity index (χ4v) is 2.75. The number of hydrogen-bond donors (Lipinski definition) is 1. The highest BCUT2D eigenvalue weighted by Gasteiger charge is 2.08. The molecule has 3 nitrogen and oxygen atoms in total. The molecule has 3 aromatic rings. The van der Waals surface area contributed by atoms with Gasteiger partial charge in [0, 0.05) is 10.7 Å². The molecule has 0 aromatic carbocycles. The van der Waals surface area contributed by atoms with E-state index in [1.807, 2.05) is 18.2 Å². The quantitative estimate of drug-likeness (QED) is 0.734. The molecule has 0 fully saturated rings. The van der Waals surface area contributed by atoms with Crippen LogP contribution in [0, 0.1) is 0 Å². The molecule has 0 radical (unpaired) electrons. The van der Waals surface area contributed by atoms with E-state index in [2.05, 4.69) is 30.9 Å². The molecule has 0 atom stereocenters. The largest absolute Gasteiger partial charge is 0.336 e. The normalized spacial score (nSPS) is 11.1. The summed E-state index contributed by atoms with van der Waals surface area (Å²) in [6.07, 6.45) is 1.73. The van der Waals surface area contributed by atoms with Gasteiger partial charge in [-0.1, -0.05) is 11.6 Å². The van der Waals surface area contributed by atoms with Crippen LogP contribution in [0.15, 0.2) is 28.9 Å². The monoisotopic (exact) mass is 313 g/mol. The highest BCUT2D eigenvalue weighted by Crippen LogP contribution is 2.30. The molecule has 0 aliphatic heterocycles. The second kappa shape index (κ2) is 3.84. The number of nitrogens with zero attached hydrogens (tertiary/aromatic N) is 2. The molecule has 0 saturated heterocycles. The Labute approximate surface area is 109 Å². The van der Waals surface area contributed by atoms with Gasteiger partial charge in [0.25, 0.3) is 0 Å². The Morgan fingerprint density at radius 1 is 1.38 bits per heavy atom. The third kappa shape index (κ3) is 1.75. The van der Waals surface area contributed by atoms with Gasteiger partial charge in [-0.15, -0.1) is 11.3 Å². The van der Waals surface area contributed by atoms with Crippen molar-refractivity contribution in [3.8, 4) is 10.7 Å². The van der Waals surface area contributed by atoms with E-state index in [1.54, 1.807) is 6.20 Å². The third-order valence-electron chi connectivity index (χ3n) is 2.11. The molecule has 3 heterocycles. The topological polar surface area (TPSA) is 41.6 Å². The van der Waals surface area contributed by atoms with Crippen molar-refractivity contribution in [2.75, 3.05) is 0 Å². The molecule has 0 saturated carbocycles. The molecule has 1 N–H and O–H groups in total. The van der Waals surface area contributed by atoms with E-state index in [0.29, 0.717) is 5.65 Å². The first kappa shape index (κ1) is 10.3. The van der Waals surface area contributed by atoms with Gasteiger partial charge in [0.15, 0.2) is 11.5 Å². The highest BCUT2D eigenvalue weighted by molar-refractivity contribution is 9.10. The van der Waals surface area contributed by atoms with Crippen molar-refractivity contribution in [2.45, 2.75) is 0 Å². The smallest absolute Gasteiger partial charge is 0.178 e. The predicted octanol–water partition coefficient (Wildman–Crippen LogP) is 4.10. The number of pyridine rings is 1. The van der Waals surface area contributed by atoms with Gasteiger partial charge >= 0.3 is 0 Å². The molecular formula is C10H5BrClN3S. The van der Waals surface area contributed by atoms with E-state index in [0.717, 1.165) is 25.0 Å². The summed E-state index contributed by atoms with van der Waals surface area (Å²) in [6, 6.07) is 5.76. The Morgan fingerprint density at radius 2 is 2.25 bits per heavy atom. The average Bonchev–Trinajstić information content (AvgIpc) is 2.83. The Balaban J connectivity index is 2.18. The van der Waals surface area contributed by atoms with Crippen LogP contribution >= 0.6 is 38.9 Å². The summed E-state index contributed by atoms with van der Waals surface area (Å²) < 4.78 is 1.68. The van der Waals surface area contributed by atoms with Crippen LogP contribution in [0.1, 0.15) is 0 Å². The van der Waals surface area contributed by atoms with E-state index in [4.69, 9.17) is 11.6 Å². The number of aromatic nitrogens is 3. The van der Waals surface area contributed by atoms with E-state index in [1.165, 1.54) is 11.3 Å². The third-order valence-corrected chi connectivity index (χ3v) is 3.78. The van der Waals surface area contributed by atoms with Crippen LogP contribution in [0.4, 0.5) is 0 Å². The number of thiophene rings is 1. The van der Waals surface area contributed by atoms with Gasteiger partial charge in [-0.2, -0.15) is 0 Å². The minimum Gasteiger partial charge on any atom is -0.336 e. The summed E-state index contributed by atoms with van der Waals surface area (Å²) in [4.78, 5) is 12.8. The fraction of sp³-hybridized carbons (Fsp3) is 0. The lowest BCUT2D eigenvalue weighted by Gasteiger charge is -1.87. The summed E-state index contributed by atoms with van der Waals surface area (Å²) in [7, 11) is 0. The van der Waals surface area contributed by atoms with Crippen molar-refractivity contribution < 1.29 is 0 Å². The van der Waals surface area contributed by atoms with Crippen LogP contribution in [-0.4, -0.2) is 15.0 Å². The predicted molar refractivity (Wildman–Crippen MR) is 69.9 cm³/mol. The van der Waals surface area contributed by atoms with E-state index >= 15 is 0 Å². The molecule has 0 bridgehead atoms. The summed E-state index contributed by atoms with van der Waals surface area (Å²) in [5.74, 6) is 0.803. The fourth-order valence-electron chi connectivity index (χ4n) is 1.43. The maximum atomic E-state index is 5.89. The SMILES string of the molecule is Clc1ccc(-c2nc3ncc(Br)cc3[nH]2)s1. The number of hydrogen-bond acceptors (Lipinski definition) is 3. The zero-order chi connectivity index (χ0) is 11.1. The minimum atomic E-state index is 0.711. The second-order valence-electron chi connectivity index (χ2n) is 3.21. The molecule has 3 rings (SSSR count). The van der Waals surface area contributed by atoms with Crippen LogP contribution in [0.25, 0.3) is 21.9 Å². The summed E-state index contributed by atoms with van der Waals surface area (Å²) >= 11 is 10.8. The molecule has 0 amide bonds. The average molecular weight is 315 g/mol. The Morgan fingerprint density at radius 3 is 3.00 bits per heavy atom. The van der Waals surface area contributed by atoms with E-state index in [-0.39, 0.29) is 0 Å². The van der Waals surface area contributed by atoms with Gasteiger partial charge in [0.2, 0.25) is 0 Å². The van der Waals surface area contributed by atoms with Crippen molar-refractivity contribution in [1.29, 1.82) is 0 Å². The van der Waals surface area contributed by atoms with Gasteiger partial charge in [-0.05, 0) is 34.1 Å². The number of nitrogens with one attached hydrogen (secondary N) is 1. The van der Waals surface area contributed by atoms with Crippen LogP contribution in [-0.2, 0) is 0 Å². The highest BCUT2D eigenvalue weighted by atomic mass is 79.9. The van der Waals surface area contributed by atoms with Crippen LogP contribution in [0.3, 0.4) is 0 Å². The first-order valence-electron chi connectivity index (χ1n) is 4.49. The lowest BCUT2D eigenvalue weighted by atomic mass is 10.4. The first-order chi connectivity index (χ1) is 7.72. The molecule has 0 unspecified atom stereocenters. The molecule has 0 spiro atoms. The molecule has 16 heavy (non-hydrogen) atoms. The molecule has 3 aromatic heterocycles. The van der Waals surface area contributed by atoms with Crippen molar-refractivity contribution in [3.05, 3.63) is 33.2 Å². The van der Waals surface area contributed by atoms with E-state index < -0.39 is 0 Å². The van der Waals surface area contributed by atoms with Gasteiger partial charge in [0.05, 0.1) is 14.7 Å². The number of rotatable bonds is 1. The summed E-state index contributed by atoms with van der Waals surface area (Å²) in [5, 5.41) is 0. The number of fused-ring (bicyclic) bond motifs is 1. The molecular weight excluding hydrogens is 310 g/mol. The Hall–Kier alpha value is -0.910. The maximum Gasteiger partial charge on any atom is 0.178 e. The van der Waals surface area contributed by atoms with Crippen molar-refractivity contribution >= 4 is 50.0 Å². The molecule has 80 valence electrons. The first-order valence-corrected chi connectivity index (χ1v) is 6.48. The minimum absolute atomic E-state index is 0.711. The lowest BCUT2D eigenvalue weighted by Crippen LogP contribution is -1.75. The summed E-state index contributed by atoms with van der Waals surface area (Å²) in [5.41, 5.74) is 1.62. The zero-order valence-electron chi connectivity index (χ0n) is 7.87. The number of aromatic amines is 1. The van der Waals surface area contributed by atoms with Gasteiger partial charge < -0.3 is 4.98 Å². The Bertz CT molecular complexity index is 661. The van der Waals surface area contributed by atoms with Gasteiger partial charge in [-0.25, -0.2) is 9.97 Å². The number of halogens is 2. The number of H-pyrrole nitrogens is 1. The molecule has 0 aliphatic rings. The Kier molecular flexibility index (Phi) is 2.46. The van der Waals surface area contributed by atoms with E-state index in [9.17, 15) is 0 Å². The van der Waals surface area contributed by atoms with Crippen molar-refractivity contribution in [1.82, 2.24) is 15.0 Å². The van der Waals surface area contributed by atoms with Crippen LogP contribution in [0.5, 0.6) is 0 Å². The van der Waals surface area contributed by atoms with Crippen molar-refractivity contribution in [2.24, 2.45) is 0 Å². The van der Waals surface area contributed by atoms with Crippen molar-refractivity contribution in [3.63, 3.8) is 0 Å². The lowest BCUT2D eigenvalue weighted by molar-refractivity contribution is 1.31. The van der Waals surface area contributed by atoms with Crippen LogP contribution in [0.2, 0.25) is 4.34 Å². The second-order valence-corrected chi connectivity index (χ2v) is 5.84. The number of imidazole rings is 1. The standard InChI is InChI=1S/C10H5BrClN3S/c11-5-3-6-9(13-4-5)15-10(14-6)7-1-2-8(12)16-7/h1-4H,(H,13,14,15). The van der Waals surface area contributed by atoms with Gasteiger partial charge in [0.1, 0.15) is 0 Å². The van der Waals surface area contributed by atoms with Crippen LogP contribution < -0.4 is 0 Å². The zero-order valence-corrected chi connectivity index (χ0v) is 11.0. The maximum absolute atomic E-state index is 5.89. The van der Waals surface area contributed by atoms with Gasteiger partial charge in [-0.3, -0.25) is 0 Å². The summed E-state index contributed by atoms with van der Waals surface area (Å²) in [6.45, 7) is 0.